The molecule has 1 aromatic carbocycles. The first-order valence-corrected chi connectivity index (χ1v) is 5.63. The number of para-hydroxylation sites is 1. The summed E-state index contributed by atoms with van der Waals surface area (Å²) in [6.07, 6.45) is 0. The van der Waals surface area contributed by atoms with Crippen LogP contribution in [-0.2, 0) is 4.74 Å². The number of nitrogens with zero attached hydrogens (tertiary/aromatic N) is 1. The normalized spacial score (nSPS) is 19.4. The van der Waals surface area contributed by atoms with Crippen LogP contribution in [0.1, 0.15) is 13.8 Å². The van der Waals surface area contributed by atoms with Crippen molar-refractivity contribution in [2.75, 3.05) is 13.2 Å². The van der Waals surface area contributed by atoms with Crippen LogP contribution in [0.5, 0.6) is 5.75 Å². The molecule has 1 atom stereocenters. The molecule has 0 radical (unpaired) electrons. The largest absolute Gasteiger partial charge is 0.484 e. The molecule has 1 heterocycles. The van der Waals surface area contributed by atoms with Crippen LogP contribution in [0.2, 0.25) is 0 Å². The Morgan fingerprint density at radius 1 is 1.38 bits per heavy atom. The lowest BCUT2D eigenvalue weighted by Gasteiger charge is -2.06. The molecule has 0 amide bonds. The van der Waals surface area contributed by atoms with Gasteiger partial charge in [0.25, 0.3) is 0 Å². The van der Waals surface area contributed by atoms with Crippen LogP contribution in [0.25, 0.3) is 0 Å². The van der Waals surface area contributed by atoms with E-state index < -0.39 is 0 Å². The fraction of sp³-hybridized carbons (Fsp3) is 0.462. The lowest BCUT2D eigenvalue weighted by atomic mass is 10.1. The van der Waals surface area contributed by atoms with Gasteiger partial charge in [-0.15, -0.1) is 0 Å². The Hall–Kier alpha value is -1.51. The third-order valence-electron chi connectivity index (χ3n) is 2.61. The topological polar surface area (TPSA) is 30.8 Å². The van der Waals surface area contributed by atoms with E-state index in [1.54, 1.807) is 0 Å². The molecule has 2 rings (SSSR count). The van der Waals surface area contributed by atoms with E-state index in [0.29, 0.717) is 25.0 Å². The van der Waals surface area contributed by atoms with Gasteiger partial charge in [-0.2, -0.15) is 0 Å². The molecular formula is C13H17NO2. The Morgan fingerprint density at radius 2 is 2.12 bits per heavy atom. The van der Waals surface area contributed by atoms with Gasteiger partial charge in [-0.25, -0.2) is 4.99 Å². The molecule has 0 spiro atoms. The number of benzene rings is 1. The van der Waals surface area contributed by atoms with Crippen molar-refractivity contribution in [2.45, 2.75) is 19.9 Å². The van der Waals surface area contributed by atoms with Crippen LogP contribution in [0.4, 0.5) is 0 Å². The summed E-state index contributed by atoms with van der Waals surface area (Å²) in [7, 11) is 0. The van der Waals surface area contributed by atoms with Gasteiger partial charge in [0.2, 0.25) is 5.90 Å². The third-order valence-corrected chi connectivity index (χ3v) is 2.61. The second-order valence-corrected chi connectivity index (χ2v) is 4.25. The molecule has 1 aliphatic rings. The van der Waals surface area contributed by atoms with Crippen molar-refractivity contribution in [2.24, 2.45) is 10.9 Å². The third kappa shape index (κ3) is 2.75. The molecule has 16 heavy (non-hydrogen) atoms. The average Bonchev–Trinajstić information content (AvgIpc) is 2.76. The van der Waals surface area contributed by atoms with Crippen molar-refractivity contribution >= 4 is 5.90 Å². The summed E-state index contributed by atoms with van der Waals surface area (Å²) < 4.78 is 11.0. The lowest BCUT2D eigenvalue weighted by molar-refractivity contribution is 0.264. The average molecular weight is 219 g/mol. The van der Waals surface area contributed by atoms with Gasteiger partial charge in [0.05, 0.1) is 6.04 Å². The molecule has 0 bridgehead atoms. The van der Waals surface area contributed by atoms with Crippen molar-refractivity contribution in [1.29, 1.82) is 0 Å². The van der Waals surface area contributed by atoms with Gasteiger partial charge < -0.3 is 9.47 Å². The number of aliphatic imine (C=N–C) groups is 1. The van der Waals surface area contributed by atoms with Crippen LogP contribution in [0.15, 0.2) is 35.3 Å². The monoisotopic (exact) mass is 219 g/mol. The van der Waals surface area contributed by atoms with Gasteiger partial charge in [0.1, 0.15) is 12.4 Å². The number of ether oxygens (including phenoxy) is 2. The van der Waals surface area contributed by atoms with E-state index in [4.69, 9.17) is 9.47 Å². The van der Waals surface area contributed by atoms with Crippen molar-refractivity contribution in [3.05, 3.63) is 30.3 Å². The zero-order valence-corrected chi connectivity index (χ0v) is 9.72. The molecule has 0 aromatic heterocycles. The van der Waals surface area contributed by atoms with E-state index in [2.05, 4.69) is 18.8 Å². The maximum absolute atomic E-state index is 5.56. The second-order valence-electron chi connectivity index (χ2n) is 4.25. The lowest BCUT2D eigenvalue weighted by Crippen LogP contribution is -2.13. The van der Waals surface area contributed by atoms with E-state index in [9.17, 15) is 0 Å². The predicted molar refractivity (Wildman–Crippen MR) is 64.0 cm³/mol. The number of hydrogen-bond donors (Lipinski definition) is 0. The highest BCUT2D eigenvalue weighted by atomic mass is 16.5. The first-order chi connectivity index (χ1) is 7.75. The highest BCUT2D eigenvalue weighted by Gasteiger charge is 2.21. The summed E-state index contributed by atoms with van der Waals surface area (Å²) in [6, 6.07) is 10.00. The minimum Gasteiger partial charge on any atom is -0.484 e. The SMILES string of the molecule is CC(C)C1COC(COc2ccccc2)=N1. The van der Waals surface area contributed by atoms with Gasteiger partial charge >= 0.3 is 0 Å². The van der Waals surface area contributed by atoms with Crippen molar-refractivity contribution in [3.63, 3.8) is 0 Å². The highest BCUT2D eigenvalue weighted by molar-refractivity contribution is 5.79. The highest BCUT2D eigenvalue weighted by Crippen LogP contribution is 2.14. The first-order valence-electron chi connectivity index (χ1n) is 5.63. The fourth-order valence-electron chi connectivity index (χ4n) is 1.52. The number of hydrogen-bond acceptors (Lipinski definition) is 3. The molecule has 0 fully saturated rings. The Bertz CT molecular complexity index is 359. The Balaban J connectivity index is 1.86. The number of rotatable bonds is 4. The summed E-state index contributed by atoms with van der Waals surface area (Å²) in [4.78, 5) is 4.47. The molecular weight excluding hydrogens is 202 g/mol. The van der Waals surface area contributed by atoms with E-state index in [0.717, 1.165) is 5.75 Å². The molecule has 86 valence electrons. The smallest absolute Gasteiger partial charge is 0.222 e. The molecule has 3 nitrogen and oxygen atoms in total. The Kier molecular flexibility index (Phi) is 3.44. The fourth-order valence-corrected chi connectivity index (χ4v) is 1.52. The standard InChI is InChI=1S/C13H17NO2/c1-10(2)12-8-16-13(14-12)9-15-11-6-4-3-5-7-11/h3-7,10,12H,8-9H2,1-2H3. The van der Waals surface area contributed by atoms with Gasteiger partial charge in [0.15, 0.2) is 6.61 Å². The van der Waals surface area contributed by atoms with Gasteiger partial charge in [-0.05, 0) is 18.1 Å². The molecule has 0 saturated carbocycles. The minimum atomic E-state index is 0.286. The Labute approximate surface area is 96.1 Å². The van der Waals surface area contributed by atoms with E-state index >= 15 is 0 Å². The van der Waals surface area contributed by atoms with Crippen LogP contribution >= 0.6 is 0 Å². The summed E-state index contributed by atoms with van der Waals surface area (Å²) in [6.45, 7) is 5.41. The van der Waals surface area contributed by atoms with Crippen molar-refractivity contribution in [1.82, 2.24) is 0 Å². The maximum Gasteiger partial charge on any atom is 0.222 e. The van der Waals surface area contributed by atoms with Gasteiger partial charge in [0, 0.05) is 0 Å². The molecule has 1 unspecified atom stereocenters. The first kappa shape index (κ1) is 11.0. The van der Waals surface area contributed by atoms with Crippen molar-refractivity contribution < 1.29 is 9.47 Å². The quantitative estimate of drug-likeness (QED) is 0.779. The summed E-state index contributed by atoms with van der Waals surface area (Å²) >= 11 is 0. The van der Waals surface area contributed by atoms with Crippen molar-refractivity contribution in [3.8, 4) is 5.75 Å². The van der Waals surface area contributed by atoms with Gasteiger partial charge in [-0.3, -0.25) is 0 Å². The summed E-state index contributed by atoms with van der Waals surface area (Å²) in [5, 5.41) is 0. The maximum atomic E-state index is 5.56. The second kappa shape index (κ2) is 5.01. The van der Waals surface area contributed by atoms with Crippen LogP contribution in [0, 0.1) is 5.92 Å². The minimum absolute atomic E-state index is 0.286. The summed E-state index contributed by atoms with van der Waals surface area (Å²) in [5.74, 6) is 2.08. The van der Waals surface area contributed by atoms with Gasteiger partial charge in [-0.1, -0.05) is 32.0 Å². The molecule has 0 saturated heterocycles. The van der Waals surface area contributed by atoms with Crippen LogP contribution in [-0.4, -0.2) is 25.2 Å². The van der Waals surface area contributed by atoms with Crippen LogP contribution in [0.3, 0.4) is 0 Å². The summed E-state index contributed by atoms with van der Waals surface area (Å²) in [5.41, 5.74) is 0. The van der Waals surface area contributed by atoms with Crippen LogP contribution < -0.4 is 4.74 Å². The predicted octanol–water partition coefficient (Wildman–Crippen LogP) is 2.52. The molecule has 0 N–H and O–H groups in total. The zero-order chi connectivity index (χ0) is 11.4. The Morgan fingerprint density at radius 3 is 2.75 bits per heavy atom. The molecule has 0 aliphatic carbocycles. The van der Waals surface area contributed by atoms with E-state index in [1.807, 2.05) is 30.3 Å². The molecule has 3 heteroatoms. The zero-order valence-electron chi connectivity index (χ0n) is 9.72. The van der Waals surface area contributed by atoms with E-state index in [1.165, 1.54) is 0 Å². The van der Waals surface area contributed by atoms with E-state index in [-0.39, 0.29) is 6.04 Å². The molecule has 1 aromatic rings. The molecule has 1 aliphatic heterocycles.